The van der Waals surface area contributed by atoms with Gasteiger partial charge in [0.25, 0.3) is 11.6 Å². The molecule has 9 nitrogen and oxygen atoms in total. The first-order chi connectivity index (χ1) is 9.88. The third kappa shape index (κ3) is 3.15. The number of nitro groups is 2. The van der Waals surface area contributed by atoms with Gasteiger partial charge in [0.2, 0.25) is 0 Å². The molecule has 1 aromatic heterocycles. The fraction of sp³-hybridized carbons (Fsp3) is 0. The second-order valence-corrected chi connectivity index (χ2v) is 4.20. The predicted octanol–water partition coefficient (Wildman–Crippen LogP) is 3.00. The van der Waals surface area contributed by atoms with Crippen LogP contribution in [0.1, 0.15) is 10.6 Å². The van der Waals surface area contributed by atoms with Gasteiger partial charge in [-0.2, -0.15) is 0 Å². The van der Waals surface area contributed by atoms with Crippen molar-refractivity contribution in [2.24, 2.45) is 0 Å². The number of halogens is 1. The molecule has 0 radical (unpaired) electrons. The summed E-state index contributed by atoms with van der Waals surface area (Å²) in [6, 6.07) is 5.77. The summed E-state index contributed by atoms with van der Waals surface area (Å²) < 4.78 is 4.70. The number of nitro benzene ring substituents is 1. The highest BCUT2D eigenvalue weighted by molar-refractivity contribution is 6.31. The van der Waals surface area contributed by atoms with Crippen LogP contribution in [0.25, 0.3) is 0 Å². The maximum atomic E-state index is 11.8. The smallest absolute Gasteiger partial charge is 0.395 e. The summed E-state index contributed by atoms with van der Waals surface area (Å²) in [6.45, 7) is 0. The van der Waals surface area contributed by atoms with E-state index in [2.05, 4.69) is 5.32 Å². The maximum Gasteiger partial charge on any atom is 0.433 e. The average molecular weight is 312 g/mol. The molecule has 0 aliphatic rings. The molecule has 0 fully saturated rings. The Morgan fingerprint density at radius 1 is 1.14 bits per heavy atom. The SMILES string of the molecule is O=C(Nc1ccc(Cl)cc1[N+](=O)[O-])c1ccc([N+](=O)[O-])o1. The van der Waals surface area contributed by atoms with Crippen LogP contribution in [0, 0.1) is 20.2 Å². The Hall–Kier alpha value is -2.94. The largest absolute Gasteiger partial charge is 0.433 e. The molecule has 0 aliphatic carbocycles. The van der Waals surface area contributed by atoms with Gasteiger partial charge in [0.05, 0.1) is 11.0 Å². The van der Waals surface area contributed by atoms with E-state index in [4.69, 9.17) is 16.0 Å². The molecule has 0 aliphatic heterocycles. The van der Waals surface area contributed by atoms with Gasteiger partial charge >= 0.3 is 5.88 Å². The van der Waals surface area contributed by atoms with Crippen LogP contribution in [0.3, 0.4) is 0 Å². The molecule has 21 heavy (non-hydrogen) atoms. The number of rotatable bonds is 4. The number of nitrogens with zero attached hydrogens (tertiary/aromatic N) is 2. The Balaban J connectivity index is 2.27. The summed E-state index contributed by atoms with van der Waals surface area (Å²) in [5.74, 6) is -1.80. The molecule has 108 valence electrons. The number of amides is 1. The highest BCUT2D eigenvalue weighted by Crippen LogP contribution is 2.28. The maximum absolute atomic E-state index is 11.8. The molecule has 0 unspecified atom stereocenters. The van der Waals surface area contributed by atoms with Gasteiger partial charge in [0, 0.05) is 11.1 Å². The Kier molecular flexibility index (Phi) is 3.85. The second kappa shape index (κ2) is 5.59. The van der Waals surface area contributed by atoms with Crippen molar-refractivity contribution >= 4 is 34.8 Å². The lowest BCUT2D eigenvalue weighted by molar-refractivity contribution is -0.402. The molecule has 2 aromatic rings. The molecule has 1 amide bonds. The van der Waals surface area contributed by atoms with E-state index in [0.717, 1.165) is 18.2 Å². The lowest BCUT2D eigenvalue weighted by atomic mass is 10.2. The van der Waals surface area contributed by atoms with Gasteiger partial charge in [0.15, 0.2) is 5.76 Å². The number of hydrogen-bond acceptors (Lipinski definition) is 6. The standard InChI is InChI=1S/C11H6ClN3O6/c12-6-1-2-7(8(5-6)14(17)18)13-11(16)9-3-4-10(21-9)15(19)20/h1-5H,(H,13,16). The van der Waals surface area contributed by atoms with Crippen LogP contribution in [0.4, 0.5) is 17.3 Å². The molecule has 1 N–H and O–H groups in total. The number of carbonyl (C=O) groups excluding carboxylic acids is 1. The summed E-state index contributed by atoms with van der Waals surface area (Å²) in [7, 11) is 0. The zero-order valence-electron chi connectivity index (χ0n) is 10.1. The van der Waals surface area contributed by atoms with Gasteiger partial charge in [-0.3, -0.25) is 25.0 Å². The van der Waals surface area contributed by atoms with E-state index in [1.807, 2.05) is 0 Å². The van der Waals surface area contributed by atoms with Crippen LogP contribution >= 0.6 is 11.6 Å². The topological polar surface area (TPSA) is 129 Å². The molecule has 0 saturated heterocycles. The zero-order chi connectivity index (χ0) is 15.6. The Morgan fingerprint density at radius 2 is 1.86 bits per heavy atom. The average Bonchev–Trinajstić information content (AvgIpc) is 2.90. The third-order valence-electron chi connectivity index (χ3n) is 2.40. The Morgan fingerprint density at radius 3 is 2.43 bits per heavy atom. The molecule has 10 heteroatoms. The van der Waals surface area contributed by atoms with Crippen LogP contribution in [0.5, 0.6) is 0 Å². The van der Waals surface area contributed by atoms with Gasteiger partial charge in [-0.1, -0.05) is 11.6 Å². The van der Waals surface area contributed by atoms with Gasteiger partial charge in [-0.15, -0.1) is 0 Å². The lowest BCUT2D eigenvalue weighted by Gasteiger charge is -2.04. The third-order valence-corrected chi connectivity index (χ3v) is 2.64. The van der Waals surface area contributed by atoms with Gasteiger partial charge < -0.3 is 9.73 Å². The van der Waals surface area contributed by atoms with E-state index in [9.17, 15) is 25.0 Å². The molecular weight excluding hydrogens is 306 g/mol. The molecule has 0 spiro atoms. The van der Waals surface area contributed by atoms with Crippen molar-refractivity contribution in [3.8, 4) is 0 Å². The fourth-order valence-corrected chi connectivity index (χ4v) is 1.66. The van der Waals surface area contributed by atoms with E-state index in [0.29, 0.717) is 0 Å². The van der Waals surface area contributed by atoms with Crippen molar-refractivity contribution in [2.45, 2.75) is 0 Å². The van der Waals surface area contributed by atoms with Gasteiger partial charge in [0.1, 0.15) is 10.6 Å². The minimum Gasteiger partial charge on any atom is -0.395 e. The zero-order valence-corrected chi connectivity index (χ0v) is 10.9. The van der Waals surface area contributed by atoms with Crippen LogP contribution < -0.4 is 5.32 Å². The second-order valence-electron chi connectivity index (χ2n) is 3.77. The van der Waals surface area contributed by atoms with Crippen molar-refractivity contribution < 1.29 is 19.1 Å². The highest BCUT2D eigenvalue weighted by Gasteiger charge is 2.21. The first-order valence-corrected chi connectivity index (χ1v) is 5.76. The van der Waals surface area contributed by atoms with Crippen LogP contribution in [-0.4, -0.2) is 15.8 Å². The van der Waals surface area contributed by atoms with Crippen molar-refractivity contribution in [3.63, 3.8) is 0 Å². The monoisotopic (exact) mass is 311 g/mol. The number of carbonyl (C=O) groups is 1. The first kappa shape index (κ1) is 14.5. The summed E-state index contributed by atoms with van der Waals surface area (Å²) >= 11 is 5.64. The Bertz CT molecular complexity index is 741. The number of hydrogen-bond donors (Lipinski definition) is 1. The van der Waals surface area contributed by atoms with E-state index in [1.165, 1.54) is 12.1 Å². The van der Waals surface area contributed by atoms with Gasteiger partial charge in [-0.25, -0.2) is 0 Å². The molecular formula is C11H6ClN3O6. The van der Waals surface area contributed by atoms with E-state index in [1.54, 1.807) is 0 Å². The van der Waals surface area contributed by atoms with Crippen LogP contribution in [-0.2, 0) is 0 Å². The normalized spacial score (nSPS) is 10.1. The summed E-state index contributed by atoms with van der Waals surface area (Å²) in [4.78, 5) is 31.6. The molecule has 0 saturated carbocycles. The Labute approximate surface area is 121 Å². The molecule has 1 aromatic carbocycles. The minimum atomic E-state index is -0.853. The van der Waals surface area contributed by atoms with Crippen LogP contribution in [0.2, 0.25) is 5.02 Å². The number of nitrogens with one attached hydrogen (secondary N) is 1. The van der Waals surface area contributed by atoms with Gasteiger partial charge in [-0.05, 0) is 18.2 Å². The summed E-state index contributed by atoms with van der Waals surface area (Å²) in [6.07, 6.45) is 0. The highest BCUT2D eigenvalue weighted by atomic mass is 35.5. The van der Waals surface area contributed by atoms with Crippen molar-refractivity contribution in [1.29, 1.82) is 0 Å². The molecule has 1 heterocycles. The van der Waals surface area contributed by atoms with Crippen molar-refractivity contribution in [3.05, 3.63) is 61.3 Å². The number of benzene rings is 1. The summed E-state index contributed by atoms with van der Waals surface area (Å²) in [5.41, 5.74) is -0.509. The predicted molar refractivity (Wildman–Crippen MR) is 71.4 cm³/mol. The quantitative estimate of drug-likeness (QED) is 0.682. The molecule has 2 rings (SSSR count). The summed E-state index contributed by atoms with van der Waals surface area (Å²) in [5, 5.41) is 23.7. The van der Waals surface area contributed by atoms with E-state index >= 15 is 0 Å². The number of anilines is 1. The number of furan rings is 1. The molecule has 0 bridgehead atoms. The van der Waals surface area contributed by atoms with Crippen LogP contribution in [0.15, 0.2) is 34.7 Å². The molecule has 0 atom stereocenters. The minimum absolute atomic E-state index is 0.103. The fourth-order valence-electron chi connectivity index (χ4n) is 1.49. The van der Waals surface area contributed by atoms with E-state index < -0.39 is 27.3 Å². The van der Waals surface area contributed by atoms with Crippen molar-refractivity contribution in [2.75, 3.05) is 5.32 Å². The lowest BCUT2D eigenvalue weighted by Crippen LogP contribution is -2.12. The van der Waals surface area contributed by atoms with Crippen molar-refractivity contribution in [1.82, 2.24) is 0 Å². The van der Waals surface area contributed by atoms with E-state index in [-0.39, 0.29) is 16.5 Å². The first-order valence-electron chi connectivity index (χ1n) is 5.38.